The molecule has 3 rings (SSSR count). The van der Waals surface area contributed by atoms with E-state index >= 15 is 0 Å². The number of nitrogens with zero attached hydrogens (tertiary/aromatic N) is 2. The summed E-state index contributed by atoms with van der Waals surface area (Å²) in [4.78, 5) is 16.9. The van der Waals surface area contributed by atoms with E-state index in [1.165, 1.54) is 11.1 Å². The van der Waals surface area contributed by atoms with Gasteiger partial charge in [-0.05, 0) is 43.0 Å². The molecule has 1 atom stereocenters. The number of urea groups is 1. The molecular weight excluding hydrogens is 338 g/mol. The number of piperazine rings is 1. The van der Waals surface area contributed by atoms with Gasteiger partial charge in [-0.3, -0.25) is 4.90 Å². The molecular formula is C22H29N3O2. The maximum atomic E-state index is 12.5. The lowest BCUT2D eigenvalue weighted by Gasteiger charge is -2.39. The number of aryl methyl sites for hydroxylation is 1. The Morgan fingerprint density at radius 1 is 1.07 bits per heavy atom. The van der Waals surface area contributed by atoms with Gasteiger partial charge in [0.05, 0.1) is 0 Å². The Kier molecular flexibility index (Phi) is 6.71. The zero-order valence-electron chi connectivity index (χ0n) is 16.0. The highest BCUT2D eigenvalue weighted by molar-refractivity contribution is 5.74. The summed E-state index contributed by atoms with van der Waals surface area (Å²) in [5, 5.41) is 12.4. The van der Waals surface area contributed by atoms with Gasteiger partial charge in [0.25, 0.3) is 0 Å². The lowest BCUT2D eigenvalue weighted by Crippen LogP contribution is -2.56. The number of phenolic OH excluding ortho intramolecular Hbond substituents is 1. The highest BCUT2D eigenvalue weighted by atomic mass is 16.3. The van der Waals surface area contributed by atoms with Gasteiger partial charge in [-0.25, -0.2) is 4.79 Å². The molecule has 5 heteroatoms. The first-order valence-corrected chi connectivity index (χ1v) is 9.70. The monoisotopic (exact) mass is 367 g/mol. The van der Waals surface area contributed by atoms with E-state index < -0.39 is 0 Å². The van der Waals surface area contributed by atoms with Crippen molar-refractivity contribution in [1.29, 1.82) is 0 Å². The smallest absolute Gasteiger partial charge is 0.317 e. The van der Waals surface area contributed by atoms with Crippen molar-refractivity contribution < 1.29 is 9.90 Å². The summed E-state index contributed by atoms with van der Waals surface area (Å²) < 4.78 is 0. The van der Waals surface area contributed by atoms with Crippen LogP contribution in [0.1, 0.15) is 24.5 Å². The van der Waals surface area contributed by atoms with Gasteiger partial charge < -0.3 is 15.3 Å². The summed E-state index contributed by atoms with van der Waals surface area (Å²) in [6.07, 6.45) is 1.78. The zero-order chi connectivity index (χ0) is 19.1. The zero-order valence-corrected chi connectivity index (χ0v) is 16.0. The van der Waals surface area contributed by atoms with Crippen molar-refractivity contribution in [2.45, 2.75) is 32.4 Å². The Hall–Kier alpha value is -2.53. The largest absolute Gasteiger partial charge is 0.508 e. The van der Waals surface area contributed by atoms with Crippen molar-refractivity contribution in [3.8, 4) is 5.75 Å². The molecule has 2 aromatic carbocycles. The van der Waals surface area contributed by atoms with Gasteiger partial charge >= 0.3 is 6.03 Å². The second-order valence-corrected chi connectivity index (χ2v) is 7.27. The molecule has 1 fully saturated rings. The Labute approximate surface area is 161 Å². The van der Waals surface area contributed by atoms with E-state index in [2.05, 4.69) is 41.4 Å². The molecule has 0 bridgehead atoms. The van der Waals surface area contributed by atoms with Crippen LogP contribution in [0.5, 0.6) is 5.75 Å². The summed E-state index contributed by atoms with van der Waals surface area (Å²) in [7, 11) is 0. The van der Waals surface area contributed by atoms with Gasteiger partial charge in [-0.15, -0.1) is 0 Å². The maximum Gasteiger partial charge on any atom is 0.317 e. The molecule has 2 N–H and O–H groups in total. The number of carbonyl (C=O) groups is 1. The Balaban J connectivity index is 1.38. The van der Waals surface area contributed by atoms with Crippen LogP contribution in [0.25, 0.3) is 0 Å². The van der Waals surface area contributed by atoms with Crippen molar-refractivity contribution in [2.24, 2.45) is 0 Å². The molecule has 5 nitrogen and oxygen atoms in total. The number of hydrogen-bond acceptors (Lipinski definition) is 3. The fourth-order valence-electron chi connectivity index (χ4n) is 3.57. The van der Waals surface area contributed by atoms with Crippen LogP contribution in [0.3, 0.4) is 0 Å². The fraction of sp³-hybridized carbons (Fsp3) is 0.409. The van der Waals surface area contributed by atoms with Crippen molar-refractivity contribution in [2.75, 3.05) is 26.2 Å². The normalized spacial score (nSPS) is 17.7. The molecule has 27 heavy (non-hydrogen) atoms. The lowest BCUT2D eigenvalue weighted by atomic mass is 10.1. The minimum atomic E-state index is 0.0348. The fourth-order valence-corrected chi connectivity index (χ4v) is 3.57. The van der Waals surface area contributed by atoms with E-state index in [0.717, 1.165) is 39.0 Å². The number of hydrogen-bond donors (Lipinski definition) is 2. The first-order chi connectivity index (χ1) is 13.1. The van der Waals surface area contributed by atoms with Crippen molar-refractivity contribution in [1.82, 2.24) is 15.1 Å². The van der Waals surface area contributed by atoms with Crippen LogP contribution in [0, 0.1) is 0 Å². The summed E-state index contributed by atoms with van der Waals surface area (Å²) in [5.74, 6) is 0.285. The van der Waals surface area contributed by atoms with Crippen LogP contribution in [0.15, 0.2) is 54.6 Å². The minimum Gasteiger partial charge on any atom is -0.508 e. The lowest BCUT2D eigenvalue weighted by molar-refractivity contribution is 0.0975. The highest BCUT2D eigenvalue weighted by Gasteiger charge is 2.27. The van der Waals surface area contributed by atoms with Gasteiger partial charge in [-0.1, -0.05) is 42.5 Å². The van der Waals surface area contributed by atoms with E-state index in [-0.39, 0.29) is 17.8 Å². The van der Waals surface area contributed by atoms with Crippen LogP contribution in [0.4, 0.5) is 4.79 Å². The van der Waals surface area contributed by atoms with Crippen molar-refractivity contribution >= 4 is 6.03 Å². The van der Waals surface area contributed by atoms with Crippen LogP contribution < -0.4 is 5.32 Å². The predicted octanol–water partition coefficient (Wildman–Crippen LogP) is 3.24. The third kappa shape index (κ3) is 5.73. The molecule has 1 aliphatic heterocycles. The number of benzene rings is 2. The molecule has 1 aliphatic rings. The van der Waals surface area contributed by atoms with Crippen LogP contribution in [-0.4, -0.2) is 53.2 Å². The summed E-state index contributed by atoms with van der Waals surface area (Å²) in [6.45, 7) is 6.28. The topological polar surface area (TPSA) is 55.8 Å². The quantitative estimate of drug-likeness (QED) is 0.771. The van der Waals surface area contributed by atoms with Gasteiger partial charge in [0.15, 0.2) is 0 Å². The molecule has 0 saturated carbocycles. The maximum absolute atomic E-state index is 12.5. The number of aromatic hydroxyl groups is 1. The van der Waals surface area contributed by atoms with Crippen LogP contribution >= 0.6 is 0 Å². The van der Waals surface area contributed by atoms with E-state index in [0.29, 0.717) is 6.54 Å². The second kappa shape index (κ2) is 9.42. The number of nitrogens with one attached hydrogen (secondary N) is 1. The molecule has 2 amide bonds. The molecule has 1 saturated heterocycles. The first kappa shape index (κ1) is 19.2. The Morgan fingerprint density at radius 3 is 2.52 bits per heavy atom. The Morgan fingerprint density at radius 2 is 1.81 bits per heavy atom. The second-order valence-electron chi connectivity index (χ2n) is 7.27. The van der Waals surface area contributed by atoms with E-state index in [1.54, 1.807) is 12.1 Å². The van der Waals surface area contributed by atoms with Crippen LogP contribution in [-0.2, 0) is 13.0 Å². The molecule has 1 heterocycles. The van der Waals surface area contributed by atoms with Gasteiger partial charge in [0.1, 0.15) is 5.75 Å². The van der Waals surface area contributed by atoms with Gasteiger partial charge in [0.2, 0.25) is 0 Å². The van der Waals surface area contributed by atoms with E-state index in [4.69, 9.17) is 0 Å². The van der Waals surface area contributed by atoms with Gasteiger partial charge in [-0.2, -0.15) is 0 Å². The number of phenols is 1. The van der Waals surface area contributed by atoms with Crippen molar-refractivity contribution in [3.05, 3.63) is 65.7 Å². The van der Waals surface area contributed by atoms with Crippen LogP contribution in [0.2, 0.25) is 0 Å². The number of amides is 2. The third-order valence-corrected chi connectivity index (χ3v) is 5.08. The average molecular weight is 367 g/mol. The number of carbonyl (C=O) groups excluding carboxylic acids is 1. The summed E-state index contributed by atoms with van der Waals surface area (Å²) >= 11 is 0. The molecule has 0 radical (unpaired) electrons. The summed E-state index contributed by atoms with van der Waals surface area (Å²) in [5.41, 5.74) is 2.49. The molecule has 0 aliphatic carbocycles. The first-order valence-electron chi connectivity index (χ1n) is 9.70. The molecule has 144 valence electrons. The standard InChI is InChI=1S/C22H29N3O2/c1-18-16-24(17-20-6-3-2-4-7-20)14-15-25(18)22(27)23-13-5-8-19-9-11-21(26)12-10-19/h2-4,6-7,9-12,18,26H,5,8,13-17H2,1H3,(H,23,27)/t18-/m1/s1. The average Bonchev–Trinajstić information content (AvgIpc) is 2.67. The van der Waals surface area contributed by atoms with E-state index in [9.17, 15) is 9.90 Å². The molecule has 0 unspecified atom stereocenters. The van der Waals surface area contributed by atoms with Crippen molar-refractivity contribution in [3.63, 3.8) is 0 Å². The SMILES string of the molecule is C[C@@H]1CN(Cc2ccccc2)CCN1C(=O)NCCCc1ccc(O)cc1. The third-order valence-electron chi connectivity index (χ3n) is 5.08. The molecule has 0 aromatic heterocycles. The molecule has 0 spiro atoms. The summed E-state index contributed by atoms with van der Waals surface area (Å²) in [6, 6.07) is 18.0. The minimum absolute atomic E-state index is 0.0348. The van der Waals surface area contributed by atoms with Gasteiger partial charge in [0, 0.05) is 38.8 Å². The number of rotatable bonds is 6. The predicted molar refractivity (Wildman–Crippen MR) is 108 cm³/mol. The molecule has 2 aromatic rings. The highest BCUT2D eigenvalue weighted by Crippen LogP contribution is 2.14. The Bertz CT molecular complexity index is 718. The van der Waals surface area contributed by atoms with E-state index in [1.807, 2.05) is 23.1 Å².